The largest absolute Gasteiger partial charge is 0.212 e. The molecule has 0 bridgehead atoms. The highest BCUT2D eigenvalue weighted by Gasteiger charge is 1.96. The summed E-state index contributed by atoms with van der Waals surface area (Å²) < 4.78 is 20.3. The Morgan fingerprint density at radius 2 is 1.89 bits per heavy atom. The van der Waals surface area contributed by atoms with E-state index in [4.69, 9.17) is 0 Å². The molecule has 52 valence electrons. The third-order valence-corrected chi connectivity index (χ3v) is 2.36. The molecule has 0 rings (SSSR count). The summed E-state index contributed by atoms with van der Waals surface area (Å²) in [5.74, 6) is 0. The van der Waals surface area contributed by atoms with Crippen molar-refractivity contribution in [1.82, 2.24) is 0 Å². The monoisotopic (exact) mass is 164 g/mol. The number of rotatable bonds is 2. The molecule has 0 radical (unpaired) electrons. The summed E-state index contributed by atoms with van der Waals surface area (Å²) in [7, 11) is 0. The van der Waals surface area contributed by atoms with Crippen LogP contribution in [0.15, 0.2) is 0 Å². The predicted molar refractivity (Wildman–Crippen MR) is 42.3 cm³/mol. The first-order valence-electron chi connectivity index (χ1n) is 2.55. The smallest absolute Gasteiger partial charge is 0.0932 e. The van der Waals surface area contributed by atoms with Crippen LogP contribution in [-0.2, 0) is 22.5 Å². The predicted octanol–water partition coefficient (Wildman–Crippen LogP) is 0.187. The van der Waals surface area contributed by atoms with Crippen LogP contribution in [-0.4, -0.2) is 18.1 Å². The summed E-state index contributed by atoms with van der Waals surface area (Å²) in [6, 6.07) is 0. The van der Waals surface area contributed by atoms with Gasteiger partial charge in [0.05, 0.1) is 32.2 Å². The van der Waals surface area contributed by atoms with Crippen molar-refractivity contribution in [2.45, 2.75) is 20.3 Å². The molecule has 0 aromatic carbocycles. The molecule has 0 unspecified atom stereocenters. The molecule has 0 saturated heterocycles. The first-order chi connectivity index (χ1) is 4.26. The first kappa shape index (κ1) is 8.78. The van der Waals surface area contributed by atoms with E-state index in [1.54, 1.807) is 6.92 Å². The van der Waals surface area contributed by atoms with Gasteiger partial charge in [-0.25, -0.2) is 8.42 Å². The molecule has 0 spiro atoms. The van der Waals surface area contributed by atoms with Gasteiger partial charge in [-0.1, -0.05) is 6.92 Å². The Hall–Kier alpha value is -0.220. The number of hydrogen-bond donors (Lipinski definition) is 0. The zero-order valence-electron chi connectivity index (χ0n) is 5.34. The second-order valence-electron chi connectivity index (χ2n) is 1.50. The van der Waals surface area contributed by atoms with Gasteiger partial charge in [0, 0.05) is 0 Å². The molecule has 0 heterocycles. The Bertz CT molecular complexity index is 197. The third kappa shape index (κ3) is 2.72. The van der Waals surface area contributed by atoms with Crippen LogP contribution >= 0.6 is 0 Å². The zero-order chi connectivity index (χ0) is 7.28. The van der Waals surface area contributed by atoms with Gasteiger partial charge in [-0.05, 0) is 13.3 Å². The van der Waals surface area contributed by atoms with E-state index in [0.717, 1.165) is 0 Å². The van der Waals surface area contributed by atoms with Crippen molar-refractivity contribution in [2.24, 2.45) is 0 Å². The molecule has 0 aliphatic carbocycles. The van der Waals surface area contributed by atoms with Gasteiger partial charge in [0.25, 0.3) is 0 Å². The van der Waals surface area contributed by atoms with E-state index in [-0.39, 0.29) is 0 Å². The molecule has 0 atom stereocenters. The quantitative estimate of drug-likeness (QED) is 0.546. The maximum Gasteiger partial charge on any atom is 0.0932 e. The maximum absolute atomic E-state index is 10.2. The Morgan fingerprint density at radius 1 is 1.33 bits per heavy atom. The van der Waals surface area contributed by atoms with Gasteiger partial charge in [0.15, 0.2) is 0 Å². The van der Waals surface area contributed by atoms with Crippen molar-refractivity contribution in [3.8, 4) is 0 Å². The highest BCUT2D eigenvalue weighted by molar-refractivity contribution is 7.76. The van der Waals surface area contributed by atoms with E-state index in [1.165, 1.54) is 0 Å². The van der Waals surface area contributed by atoms with Gasteiger partial charge < -0.3 is 0 Å². The van der Waals surface area contributed by atoms with Crippen molar-refractivity contribution < 1.29 is 8.42 Å². The molecule has 0 N–H and O–H groups in total. The van der Waals surface area contributed by atoms with E-state index in [1.807, 2.05) is 6.92 Å². The molecule has 0 aromatic rings. The standard InChI is InChI=1S/C5H8O2S2/c1-3-5(9-7)4(2)8-6/h3H2,1-2H3. The Labute approximate surface area is 61.4 Å². The van der Waals surface area contributed by atoms with Crippen LogP contribution in [0, 0.1) is 0 Å². The lowest BCUT2D eigenvalue weighted by Gasteiger charge is -1.89. The molecule has 0 aliphatic heterocycles. The van der Waals surface area contributed by atoms with Crippen molar-refractivity contribution in [3.63, 3.8) is 0 Å². The van der Waals surface area contributed by atoms with Crippen LogP contribution in [0.4, 0.5) is 0 Å². The fraction of sp³-hybridized carbons (Fsp3) is 0.600. The topological polar surface area (TPSA) is 34.1 Å². The van der Waals surface area contributed by atoms with Crippen molar-refractivity contribution in [1.29, 1.82) is 0 Å². The fourth-order valence-corrected chi connectivity index (χ4v) is 1.09. The van der Waals surface area contributed by atoms with E-state index in [2.05, 4.69) is 0 Å². The molecule has 9 heavy (non-hydrogen) atoms. The van der Waals surface area contributed by atoms with Crippen LogP contribution in [0.1, 0.15) is 20.3 Å². The number of hydrogen-bond acceptors (Lipinski definition) is 2. The fourth-order valence-electron chi connectivity index (χ4n) is 0.413. The Morgan fingerprint density at radius 3 is 2.00 bits per heavy atom. The normalized spacial score (nSPS) is 8.22. The van der Waals surface area contributed by atoms with Crippen molar-refractivity contribution in [3.05, 3.63) is 0 Å². The average Bonchev–Trinajstić information content (AvgIpc) is 1.90. The third-order valence-electron chi connectivity index (χ3n) is 0.939. The summed E-state index contributed by atoms with van der Waals surface area (Å²) in [5.41, 5.74) is 0. The lowest BCUT2D eigenvalue weighted by Crippen LogP contribution is -2.07. The highest BCUT2D eigenvalue weighted by Crippen LogP contribution is 1.82. The second-order valence-corrected chi connectivity index (χ2v) is 2.94. The van der Waals surface area contributed by atoms with E-state index in [9.17, 15) is 8.42 Å². The van der Waals surface area contributed by atoms with Gasteiger partial charge in [-0.15, -0.1) is 0 Å². The lowest BCUT2D eigenvalue weighted by molar-refractivity contribution is 0.699. The molecule has 0 fully saturated rings. The lowest BCUT2D eigenvalue weighted by atomic mass is 10.3. The van der Waals surface area contributed by atoms with Gasteiger partial charge in [-0.3, -0.25) is 0 Å². The first-order valence-corrected chi connectivity index (χ1v) is 4.04. The molecular weight excluding hydrogens is 156 g/mol. The van der Waals surface area contributed by atoms with Crippen LogP contribution in [0.25, 0.3) is 0 Å². The van der Waals surface area contributed by atoms with Crippen LogP contribution in [0.3, 0.4) is 0 Å². The summed E-state index contributed by atoms with van der Waals surface area (Å²) in [4.78, 5) is 1.24. The molecule has 0 amide bonds. The molecule has 4 heteroatoms. The maximum atomic E-state index is 10.2. The van der Waals surface area contributed by atoms with Gasteiger partial charge in [0.1, 0.15) is 0 Å². The highest BCUT2D eigenvalue weighted by atomic mass is 32.1. The minimum absolute atomic E-state index is 0.391. The van der Waals surface area contributed by atoms with E-state index in [0.29, 0.717) is 38.7 Å². The molecule has 2 nitrogen and oxygen atoms in total. The van der Waals surface area contributed by atoms with Crippen LogP contribution in [0.2, 0.25) is 0 Å². The van der Waals surface area contributed by atoms with Gasteiger partial charge in [-0.2, -0.15) is 0 Å². The summed E-state index contributed by atoms with van der Waals surface area (Å²) >= 11 is 0.802. The summed E-state index contributed by atoms with van der Waals surface area (Å²) in [6.07, 6.45) is 0.662. The SMILES string of the molecule is CCC(=S=O)C(C)=S=O. The molecular formula is C5H8O2S2. The minimum Gasteiger partial charge on any atom is -0.212 e. The van der Waals surface area contributed by atoms with E-state index >= 15 is 0 Å². The molecule has 0 saturated carbocycles. The van der Waals surface area contributed by atoms with Crippen molar-refractivity contribution in [2.75, 3.05) is 0 Å². The zero-order valence-corrected chi connectivity index (χ0v) is 6.97. The Kier molecular flexibility index (Phi) is 4.53. The van der Waals surface area contributed by atoms with Crippen LogP contribution in [0.5, 0.6) is 0 Å². The van der Waals surface area contributed by atoms with Gasteiger partial charge >= 0.3 is 0 Å². The van der Waals surface area contributed by atoms with Gasteiger partial charge in [0.2, 0.25) is 0 Å². The van der Waals surface area contributed by atoms with Crippen molar-refractivity contribution >= 4 is 32.2 Å². The minimum atomic E-state index is 0.391. The molecule has 0 aromatic heterocycles. The average molecular weight is 164 g/mol. The Balaban J connectivity index is 4.53. The molecule has 0 aliphatic rings. The summed E-state index contributed by atoms with van der Waals surface area (Å²) in [6.45, 7) is 3.53. The van der Waals surface area contributed by atoms with E-state index < -0.39 is 0 Å². The summed E-state index contributed by atoms with van der Waals surface area (Å²) in [5, 5.41) is 0. The second kappa shape index (κ2) is 4.64. The van der Waals surface area contributed by atoms with Crippen LogP contribution < -0.4 is 0 Å².